The van der Waals surface area contributed by atoms with Crippen molar-refractivity contribution in [2.75, 3.05) is 12.0 Å². The number of para-hydroxylation sites is 3. The molecule has 29 heavy (non-hydrogen) atoms. The number of hydrogen-bond acceptors (Lipinski definition) is 4. The summed E-state index contributed by atoms with van der Waals surface area (Å²) < 4.78 is 5.02. The van der Waals surface area contributed by atoms with Crippen molar-refractivity contribution >= 4 is 28.2 Å². The highest BCUT2D eigenvalue weighted by molar-refractivity contribution is 5.79. The molecule has 0 aliphatic carbocycles. The number of rotatable bonds is 6. The molecular weight excluding hydrogens is 360 g/mol. The Balaban J connectivity index is 1.87. The van der Waals surface area contributed by atoms with Crippen LogP contribution < -0.4 is 4.90 Å². The van der Waals surface area contributed by atoms with Crippen LogP contribution in [0.1, 0.15) is 18.2 Å². The first-order valence-electron chi connectivity index (χ1n) is 9.58. The van der Waals surface area contributed by atoms with Crippen LogP contribution >= 0.6 is 0 Å². The quantitative estimate of drug-likeness (QED) is 0.403. The predicted molar refractivity (Wildman–Crippen MR) is 116 cm³/mol. The number of carbonyl (C=O) groups excluding carboxylic acids is 1. The van der Waals surface area contributed by atoms with Crippen molar-refractivity contribution < 1.29 is 9.53 Å². The van der Waals surface area contributed by atoms with Crippen LogP contribution in [0.15, 0.2) is 97.1 Å². The third-order valence-electron chi connectivity index (χ3n) is 4.93. The van der Waals surface area contributed by atoms with Crippen LogP contribution in [0.5, 0.6) is 0 Å². The van der Waals surface area contributed by atoms with Gasteiger partial charge >= 0.3 is 5.97 Å². The highest BCUT2D eigenvalue weighted by atomic mass is 16.5. The number of hydrogen-bond donors (Lipinski definition) is 0. The summed E-state index contributed by atoms with van der Waals surface area (Å²) in [5.74, 6) is -0.276. The standard InChI is InChI=1S/C25H22N2O2/c1-29-25(28)18-24(23-17-16-19-10-8-9-15-22(19)26-23)27(20-11-4-2-5-12-20)21-13-6-3-7-14-21/h2-17,24H,18H2,1H3. The molecule has 0 saturated heterocycles. The van der Waals surface area contributed by atoms with Crippen molar-refractivity contribution in [2.45, 2.75) is 12.5 Å². The molecular formula is C25H22N2O2. The Bertz CT molecular complexity index is 1060. The zero-order valence-corrected chi connectivity index (χ0v) is 16.2. The van der Waals surface area contributed by atoms with Crippen LogP contribution in [0.25, 0.3) is 10.9 Å². The monoisotopic (exact) mass is 382 g/mol. The molecule has 0 spiro atoms. The number of ether oxygens (including phenoxy) is 1. The van der Waals surface area contributed by atoms with Crippen LogP contribution in [-0.2, 0) is 9.53 Å². The first-order valence-corrected chi connectivity index (χ1v) is 9.58. The molecule has 4 heteroatoms. The van der Waals surface area contributed by atoms with E-state index in [-0.39, 0.29) is 18.4 Å². The molecule has 1 aromatic heterocycles. The van der Waals surface area contributed by atoms with E-state index in [2.05, 4.69) is 11.0 Å². The van der Waals surface area contributed by atoms with Gasteiger partial charge in [0, 0.05) is 16.8 Å². The van der Waals surface area contributed by atoms with Gasteiger partial charge in [-0.05, 0) is 36.4 Å². The van der Waals surface area contributed by atoms with E-state index < -0.39 is 0 Å². The van der Waals surface area contributed by atoms with E-state index in [1.54, 1.807) is 0 Å². The Hall–Kier alpha value is -3.66. The molecule has 1 unspecified atom stereocenters. The number of aromatic nitrogens is 1. The second-order valence-electron chi connectivity index (χ2n) is 6.77. The van der Waals surface area contributed by atoms with Crippen LogP contribution in [0.2, 0.25) is 0 Å². The topological polar surface area (TPSA) is 42.4 Å². The van der Waals surface area contributed by atoms with Gasteiger partial charge in [0.2, 0.25) is 0 Å². The number of carbonyl (C=O) groups is 1. The van der Waals surface area contributed by atoms with Gasteiger partial charge in [-0.25, -0.2) is 0 Å². The number of fused-ring (bicyclic) bond motifs is 1. The molecule has 0 radical (unpaired) electrons. The molecule has 4 aromatic rings. The summed E-state index contributed by atoms with van der Waals surface area (Å²) in [4.78, 5) is 19.4. The summed E-state index contributed by atoms with van der Waals surface area (Å²) in [5, 5.41) is 1.07. The van der Waals surface area contributed by atoms with Gasteiger partial charge in [0.05, 0.1) is 30.8 Å². The Labute approximate surface area is 170 Å². The number of pyridine rings is 1. The van der Waals surface area contributed by atoms with Gasteiger partial charge in [0.1, 0.15) is 0 Å². The second-order valence-corrected chi connectivity index (χ2v) is 6.77. The van der Waals surface area contributed by atoms with E-state index in [1.165, 1.54) is 7.11 Å². The molecule has 0 N–H and O–H groups in total. The number of esters is 1. The number of anilines is 2. The number of nitrogens with zero attached hydrogens (tertiary/aromatic N) is 2. The van der Waals surface area contributed by atoms with Crippen molar-refractivity contribution in [1.29, 1.82) is 0 Å². The fourth-order valence-electron chi connectivity index (χ4n) is 3.52. The molecule has 0 fully saturated rings. The van der Waals surface area contributed by atoms with E-state index >= 15 is 0 Å². The van der Waals surface area contributed by atoms with E-state index in [4.69, 9.17) is 9.72 Å². The molecule has 0 saturated carbocycles. The Kier molecular flexibility index (Phi) is 5.52. The van der Waals surface area contributed by atoms with Crippen LogP contribution in [0, 0.1) is 0 Å². The van der Waals surface area contributed by atoms with E-state index in [0.29, 0.717) is 0 Å². The fourth-order valence-corrected chi connectivity index (χ4v) is 3.52. The van der Waals surface area contributed by atoms with E-state index in [1.807, 2.05) is 91.0 Å². The minimum atomic E-state index is -0.308. The largest absolute Gasteiger partial charge is 0.469 e. The highest BCUT2D eigenvalue weighted by Gasteiger charge is 2.27. The van der Waals surface area contributed by atoms with Gasteiger partial charge in [-0.1, -0.05) is 60.7 Å². The predicted octanol–water partition coefficient (Wildman–Crippen LogP) is 5.68. The van der Waals surface area contributed by atoms with Crippen LogP contribution in [0.3, 0.4) is 0 Å². The van der Waals surface area contributed by atoms with Crippen molar-refractivity contribution in [1.82, 2.24) is 4.98 Å². The first-order chi connectivity index (χ1) is 14.3. The summed E-state index contributed by atoms with van der Waals surface area (Å²) in [7, 11) is 1.42. The third-order valence-corrected chi connectivity index (χ3v) is 4.93. The lowest BCUT2D eigenvalue weighted by Crippen LogP contribution is -2.27. The van der Waals surface area contributed by atoms with Gasteiger partial charge in [0.25, 0.3) is 0 Å². The molecule has 4 rings (SSSR count). The first kappa shape index (κ1) is 18.7. The maximum atomic E-state index is 12.3. The maximum absolute atomic E-state index is 12.3. The molecule has 0 aliphatic heterocycles. The van der Waals surface area contributed by atoms with E-state index in [0.717, 1.165) is 28.0 Å². The third kappa shape index (κ3) is 4.11. The molecule has 0 amide bonds. The molecule has 0 aliphatic rings. The molecule has 4 nitrogen and oxygen atoms in total. The summed E-state index contributed by atoms with van der Waals surface area (Å²) in [6, 6.07) is 31.8. The molecule has 1 atom stereocenters. The Morgan fingerprint density at radius 2 is 1.41 bits per heavy atom. The molecule has 0 bridgehead atoms. The van der Waals surface area contributed by atoms with Crippen molar-refractivity contribution in [3.05, 3.63) is 103 Å². The molecule has 3 aromatic carbocycles. The Morgan fingerprint density at radius 1 is 0.828 bits per heavy atom. The van der Waals surface area contributed by atoms with Gasteiger partial charge in [0.15, 0.2) is 0 Å². The second kappa shape index (κ2) is 8.57. The lowest BCUT2D eigenvalue weighted by atomic mass is 10.0. The Morgan fingerprint density at radius 3 is 2.03 bits per heavy atom. The van der Waals surface area contributed by atoms with E-state index in [9.17, 15) is 4.79 Å². The van der Waals surface area contributed by atoms with Gasteiger partial charge in [-0.3, -0.25) is 9.78 Å². The summed E-state index contributed by atoms with van der Waals surface area (Å²) in [6.07, 6.45) is 0.186. The highest BCUT2D eigenvalue weighted by Crippen LogP contribution is 2.37. The minimum Gasteiger partial charge on any atom is -0.469 e. The summed E-state index contributed by atoms with van der Waals surface area (Å²) in [6.45, 7) is 0. The smallest absolute Gasteiger partial charge is 0.308 e. The van der Waals surface area contributed by atoms with Crippen molar-refractivity contribution in [2.24, 2.45) is 0 Å². The average Bonchev–Trinajstić information content (AvgIpc) is 2.79. The summed E-state index contributed by atoms with van der Waals surface area (Å²) in [5.41, 5.74) is 3.70. The van der Waals surface area contributed by atoms with Crippen LogP contribution in [-0.4, -0.2) is 18.1 Å². The summed E-state index contributed by atoms with van der Waals surface area (Å²) >= 11 is 0. The fraction of sp³-hybridized carbons (Fsp3) is 0.120. The average molecular weight is 382 g/mol. The van der Waals surface area contributed by atoms with Gasteiger partial charge < -0.3 is 9.64 Å². The number of benzene rings is 3. The lowest BCUT2D eigenvalue weighted by Gasteiger charge is -2.33. The van der Waals surface area contributed by atoms with Gasteiger partial charge in [-0.2, -0.15) is 0 Å². The van der Waals surface area contributed by atoms with Crippen molar-refractivity contribution in [3.63, 3.8) is 0 Å². The molecule has 1 heterocycles. The minimum absolute atomic E-state index is 0.186. The van der Waals surface area contributed by atoms with Gasteiger partial charge in [-0.15, -0.1) is 0 Å². The lowest BCUT2D eigenvalue weighted by molar-refractivity contribution is -0.141. The maximum Gasteiger partial charge on any atom is 0.308 e. The van der Waals surface area contributed by atoms with Crippen LogP contribution in [0.4, 0.5) is 11.4 Å². The SMILES string of the molecule is COC(=O)CC(c1ccc2ccccc2n1)N(c1ccccc1)c1ccccc1. The molecule has 144 valence electrons. The van der Waals surface area contributed by atoms with Crippen molar-refractivity contribution in [3.8, 4) is 0 Å². The normalized spacial score (nSPS) is 11.8. The number of methoxy groups -OCH3 is 1. The zero-order chi connectivity index (χ0) is 20.1. The zero-order valence-electron chi connectivity index (χ0n) is 16.2.